The van der Waals surface area contributed by atoms with E-state index in [9.17, 15) is 17.2 Å². The van der Waals surface area contributed by atoms with Crippen LogP contribution in [0.5, 0.6) is 0 Å². The van der Waals surface area contributed by atoms with Gasteiger partial charge in [-0.15, -0.1) is 0 Å². The number of hydrogen-bond acceptors (Lipinski definition) is 3. The second-order valence-corrected chi connectivity index (χ2v) is 6.51. The monoisotopic (exact) mass is 312 g/mol. The highest BCUT2D eigenvalue weighted by Crippen LogP contribution is 2.28. The highest BCUT2D eigenvalue weighted by atomic mass is 32.2. The molecule has 0 unspecified atom stereocenters. The topological polar surface area (TPSA) is 63.4 Å². The van der Waals surface area contributed by atoms with Crippen LogP contribution in [0.15, 0.2) is 41.3 Å². The lowest BCUT2D eigenvalue weighted by atomic mass is 10.2. The van der Waals surface area contributed by atoms with Gasteiger partial charge < -0.3 is 5.73 Å². The lowest BCUT2D eigenvalue weighted by Gasteiger charge is -2.21. The minimum Gasteiger partial charge on any atom is -0.399 e. The lowest BCUT2D eigenvalue weighted by molar-refractivity contribution is 0.485. The molecule has 2 rings (SSSR count). The SMILES string of the molecule is Cc1ccccc1N(C)S(=O)(=O)c1cc(N)cc(F)c1F. The molecule has 0 aliphatic carbocycles. The molecule has 2 aromatic carbocycles. The van der Waals surface area contributed by atoms with Crippen molar-refractivity contribution in [2.75, 3.05) is 17.1 Å². The number of anilines is 2. The highest BCUT2D eigenvalue weighted by Gasteiger charge is 2.28. The van der Waals surface area contributed by atoms with Crippen molar-refractivity contribution in [1.82, 2.24) is 0 Å². The molecular weight excluding hydrogens is 298 g/mol. The number of hydrogen-bond donors (Lipinski definition) is 1. The number of nitrogens with zero attached hydrogens (tertiary/aromatic N) is 1. The molecule has 0 radical (unpaired) electrons. The van der Waals surface area contributed by atoms with Crippen LogP contribution in [0, 0.1) is 18.6 Å². The van der Waals surface area contributed by atoms with Gasteiger partial charge in [-0.2, -0.15) is 0 Å². The Morgan fingerprint density at radius 1 is 1.14 bits per heavy atom. The Kier molecular flexibility index (Phi) is 3.87. The Balaban J connectivity index is 2.60. The maximum atomic E-state index is 13.8. The van der Waals surface area contributed by atoms with Crippen molar-refractivity contribution >= 4 is 21.4 Å². The maximum absolute atomic E-state index is 13.8. The summed E-state index contributed by atoms with van der Waals surface area (Å²) in [6.45, 7) is 1.72. The number of rotatable bonds is 3. The third-order valence-corrected chi connectivity index (χ3v) is 4.88. The standard InChI is InChI=1S/C14H14F2N2O2S/c1-9-5-3-4-6-12(9)18(2)21(19,20)13-8-10(17)7-11(15)14(13)16/h3-8H,17H2,1-2H3. The summed E-state index contributed by atoms with van der Waals surface area (Å²) in [5, 5.41) is 0. The maximum Gasteiger partial charge on any atom is 0.267 e. The van der Waals surface area contributed by atoms with E-state index in [0.717, 1.165) is 16.4 Å². The van der Waals surface area contributed by atoms with Gasteiger partial charge in [-0.05, 0) is 30.7 Å². The summed E-state index contributed by atoms with van der Waals surface area (Å²) in [5.41, 5.74) is 6.31. The molecule has 7 heteroatoms. The van der Waals surface area contributed by atoms with Crippen LogP contribution < -0.4 is 10.0 Å². The van der Waals surface area contributed by atoms with Crippen molar-refractivity contribution in [3.8, 4) is 0 Å². The Morgan fingerprint density at radius 2 is 1.76 bits per heavy atom. The van der Waals surface area contributed by atoms with Gasteiger partial charge in [0.1, 0.15) is 4.90 Å². The van der Waals surface area contributed by atoms with Gasteiger partial charge in [0.15, 0.2) is 11.6 Å². The molecule has 0 aliphatic heterocycles. The summed E-state index contributed by atoms with van der Waals surface area (Å²) in [5.74, 6) is -2.74. The van der Waals surface area contributed by atoms with E-state index in [1.54, 1.807) is 31.2 Å². The van der Waals surface area contributed by atoms with E-state index in [-0.39, 0.29) is 5.69 Å². The van der Waals surface area contributed by atoms with Crippen molar-refractivity contribution in [2.45, 2.75) is 11.8 Å². The van der Waals surface area contributed by atoms with Crippen LogP contribution in [0.1, 0.15) is 5.56 Å². The van der Waals surface area contributed by atoms with Crippen LogP contribution in [0.3, 0.4) is 0 Å². The van der Waals surface area contributed by atoms with Crippen molar-refractivity contribution in [3.05, 3.63) is 53.6 Å². The molecule has 0 saturated heterocycles. The first-order chi connectivity index (χ1) is 9.75. The molecule has 0 aromatic heterocycles. The largest absolute Gasteiger partial charge is 0.399 e. The number of aryl methyl sites for hydroxylation is 1. The third-order valence-electron chi connectivity index (χ3n) is 3.11. The van der Waals surface area contributed by atoms with Crippen LogP contribution in [-0.4, -0.2) is 15.5 Å². The molecule has 0 bridgehead atoms. The van der Waals surface area contributed by atoms with Crippen molar-refractivity contribution < 1.29 is 17.2 Å². The van der Waals surface area contributed by atoms with E-state index in [0.29, 0.717) is 11.3 Å². The predicted molar refractivity (Wildman–Crippen MR) is 77.5 cm³/mol. The molecule has 0 saturated carbocycles. The fourth-order valence-corrected chi connectivity index (χ4v) is 3.33. The number of halogens is 2. The second kappa shape index (κ2) is 5.33. The van der Waals surface area contributed by atoms with Gasteiger partial charge in [-0.3, -0.25) is 4.31 Å². The van der Waals surface area contributed by atoms with E-state index in [2.05, 4.69) is 0 Å². The minimum atomic E-state index is -4.25. The van der Waals surface area contributed by atoms with Crippen molar-refractivity contribution in [1.29, 1.82) is 0 Å². The van der Waals surface area contributed by atoms with E-state index in [1.165, 1.54) is 7.05 Å². The number of para-hydroxylation sites is 1. The number of benzene rings is 2. The lowest BCUT2D eigenvalue weighted by Crippen LogP contribution is -2.28. The Labute approximate surface area is 121 Å². The summed E-state index contributed by atoms with van der Waals surface area (Å²) < 4.78 is 53.0. The zero-order chi connectivity index (χ0) is 15.8. The number of nitrogen functional groups attached to an aromatic ring is 1. The van der Waals surface area contributed by atoms with Gasteiger partial charge in [0.05, 0.1) is 5.69 Å². The molecule has 21 heavy (non-hydrogen) atoms. The van der Waals surface area contributed by atoms with E-state index < -0.39 is 26.6 Å². The molecule has 112 valence electrons. The molecule has 0 spiro atoms. The molecule has 0 fully saturated rings. The van der Waals surface area contributed by atoms with Crippen LogP contribution in [0.25, 0.3) is 0 Å². The minimum absolute atomic E-state index is 0.161. The van der Waals surface area contributed by atoms with Crippen LogP contribution in [-0.2, 0) is 10.0 Å². The molecule has 0 atom stereocenters. The first-order valence-electron chi connectivity index (χ1n) is 6.04. The summed E-state index contributed by atoms with van der Waals surface area (Å²) in [6, 6.07) is 8.35. The summed E-state index contributed by atoms with van der Waals surface area (Å²) in [4.78, 5) is -0.786. The quantitative estimate of drug-likeness (QED) is 0.886. The zero-order valence-electron chi connectivity index (χ0n) is 11.5. The molecular formula is C14H14F2N2O2S. The Bertz CT molecular complexity index is 792. The van der Waals surface area contributed by atoms with E-state index in [1.807, 2.05) is 0 Å². The molecule has 0 heterocycles. The average Bonchev–Trinajstić information content (AvgIpc) is 2.42. The van der Waals surface area contributed by atoms with Gasteiger partial charge >= 0.3 is 0 Å². The molecule has 2 N–H and O–H groups in total. The molecule has 0 aliphatic rings. The fraction of sp³-hybridized carbons (Fsp3) is 0.143. The van der Waals surface area contributed by atoms with Crippen molar-refractivity contribution in [3.63, 3.8) is 0 Å². The summed E-state index contributed by atoms with van der Waals surface area (Å²) in [6.07, 6.45) is 0. The normalized spacial score (nSPS) is 11.4. The van der Waals surface area contributed by atoms with Crippen LogP contribution >= 0.6 is 0 Å². The molecule has 2 aromatic rings. The summed E-state index contributed by atoms with van der Waals surface area (Å²) >= 11 is 0. The van der Waals surface area contributed by atoms with Gasteiger partial charge in [0, 0.05) is 12.7 Å². The second-order valence-electron chi connectivity index (χ2n) is 4.57. The summed E-state index contributed by atoms with van der Waals surface area (Å²) in [7, 11) is -2.98. The number of sulfonamides is 1. The first-order valence-corrected chi connectivity index (χ1v) is 7.48. The van der Waals surface area contributed by atoms with Gasteiger partial charge in [-0.25, -0.2) is 17.2 Å². The number of nitrogens with two attached hydrogens (primary N) is 1. The smallest absolute Gasteiger partial charge is 0.267 e. The average molecular weight is 312 g/mol. The third kappa shape index (κ3) is 2.69. The Hall–Kier alpha value is -2.15. The van der Waals surface area contributed by atoms with E-state index >= 15 is 0 Å². The van der Waals surface area contributed by atoms with Gasteiger partial charge in [-0.1, -0.05) is 18.2 Å². The highest BCUT2D eigenvalue weighted by molar-refractivity contribution is 7.92. The molecule has 0 amide bonds. The van der Waals surface area contributed by atoms with E-state index in [4.69, 9.17) is 5.73 Å². The first kappa shape index (κ1) is 15.2. The zero-order valence-corrected chi connectivity index (χ0v) is 12.3. The Morgan fingerprint density at radius 3 is 2.38 bits per heavy atom. The van der Waals surface area contributed by atoms with Crippen LogP contribution in [0.2, 0.25) is 0 Å². The van der Waals surface area contributed by atoms with Gasteiger partial charge in [0.2, 0.25) is 0 Å². The predicted octanol–water partition coefficient (Wildman–Crippen LogP) is 2.68. The van der Waals surface area contributed by atoms with Crippen LogP contribution in [0.4, 0.5) is 20.2 Å². The van der Waals surface area contributed by atoms with Gasteiger partial charge in [0.25, 0.3) is 10.0 Å². The molecule has 4 nitrogen and oxygen atoms in total. The fourth-order valence-electron chi connectivity index (χ4n) is 1.97. The van der Waals surface area contributed by atoms with Crippen molar-refractivity contribution in [2.24, 2.45) is 0 Å².